The lowest BCUT2D eigenvalue weighted by atomic mass is 9.96. The zero-order chi connectivity index (χ0) is 23.4. The van der Waals surface area contributed by atoms with Crippen LogP contribution in [0.3, 0.4) is 0 Å². The maximum absolute atomic E-state index is 13.0. The van der Waals surface area contributed by atoms with Crippen molar-refractivity contribution in [2.24, 2.45) is 5.73 Å². The summed E-state index contributed by atoms with van der Waals surface area (Å²) in [5.41, 5.74) is 7.62. The van der Waals surface area contributed by atoms with Gasteiger partial charge in [-0.15, -0.1) is 0 Å². The van der Waals surface area contributed by atoms with Gasteiger partial charge in [0, 0.05) is 29.9 Å². The summed E-state index contributed by atoms with van der Waals surface area (Å²) in [6.07, 6.45) is -2.54. The summed E-state index contributed by atoms with van der Waals surface area (Å²) < 4.78 is 41.2. The molecule has 3 N–H and O–H groups in total. The molecule has 0 spiro atoms. The molecule has 6 nitrogen and oxygen atoms in total. The molecule has 3 amide bonds. The van der Waals surface area contributed by atoms with Gasteiger partial charge in [-0.05, 0) is 57.2 Å². The van der Waals surface area contributed by atoms with E-state index in [0.717, 1.165) is 30.7 Å². The Morgan fingerprint density at radius 2 is 1.69 bits per heavy atom. The van der Waals surface area contributed by atoms with Gasteiger partial charge in [0.25, 0.3) is 5.91 Å². The molecule has 0 unspecified atom stereocenters. The number of alkyl halides is 3. The number of aromatic nitrogens is 1. The summed E-state index contributed by atoms with van der Waals surface area (Å²) in [5.74, 6) is -0.414. The van der Waals surface area contributed by atoms with E-state index in [1.165, 1.54) is 12.1 Å². The van der Waals surface area contributed by atoms with Crippen LogP contribution in [0.15, 0.2) is 24.3 Å². The van der Waals surface area contributed by atoms with E-state index in [-0.39, 0.29) is 18.5 Å². The van der Waals surface area contributed by atoms with Crippen LogP contribution >= 0.6 is 0 Å². The number of halogens is 3. The topological polar surface area (TPSA) is 80.4 Å². The number of amides is 3. The van der Waals surface area contributed by atoms with Crippen LogP contribution in [0.4, 0.5) is 18.0 Å². The molecule has 1 aromatic carbocycles. The van der Waals surface area contributed by atoms with Gasteiger partial charge < -0.3 is 20.5 Å². The van der Waals surface area contributed by atoms with Crippen LogP contribution < -0.4 is 11.1 Å². The zero-order valence-corrected chi connectivity index (χ0v) is 18.3. The monoisotopic (exact) mass is 448 g/mol. The summed E-state index contributed by atoms with van der Waals surface area (Å²) >= 11 is 0. The van der Waals surface area contributed by atoms with Gasteiger partial charge in [0.05, 0.1) is 23.4 Å². The van der Waals surface area contributed by atoms with Gasteiger partial charge in [-0.3, -0.25) is 4.79 Å². The molecule has 1 saturated carbocycles. The predicted molar refractivity (Wildman–Crippen MR) is 114 cm³/mol. The number of fused-ring (bicyclic) bond motifs is 1. The maximum atomic E-state index is 13.0. The third kappa shape index (κ3) is 4.20. The highest BCUT2D eigenvalue weighted by Gasteiger charge is 2.39. The minimum absolute atomic E-state index is 0.209. The number of nitrogens with zero attached hydrogens (tertiary/aromatic N) is 2. The molecule has 0 radical (unpaired) electrons. The van der Waals surface area contributed by atoms with Crippen molar-refractivity contribution < 1.29 is 22.8 Å². The zero-order valence-electron chi connectivity index (χ0n) is 18.3. The Morgan fingerprint density at radius 1 is 1.06 bits per heavy atom. The predicted octanol–water partition coefficient (Wildman–Crippen LogP) is 4.47. The molecule has 1 fully saturated rings. The van der Waals surface area contributed by atoms with E-state index < -0.39 is 23.2 Å². The lowest BCUT2D eigenvalue weighted by Crippen LogP contribution is -2.50. The van der Waals surface area contributed by atoms with Crippen LogP contribution in [0.5, 0.6) is 0 Å². The molecule has 2 aliphatic rings. The van der Waals surface area contributed by atoms with E-state index in [0.29, 0.717) is 35.5 Å². The first-order chi connectivity index (χ1) is 14.9. The number of carbonyl (C=O) groups excluding carboxylic acids is 2. The normalized spacial score (nSPS) is 16.6. The molecule has 1 aliphatic heterocycles. The molecule has 9 heteroatoms. The fourth-order valence-corrected chi connectivity index (χ4v) is 4.33. The van der Waals surface area contributed by atoms with Crippen molar-refractivity contribution in [1.82, 2.24) is 14.8 Å². The Labute approximate surface area is 184 Å². The molecule has 1 aromatic heterocycles. The first-order valence-corrected chi connectivity index (χ1v) is 10.7. The Hall–Kier alpha value is -2.97. The minimum atomic E-state index is -4.44. The molecule has 2 heterocycles. The summed E-state index contributed by atoms with van der Waals surface area (Å²) in [5, 5.41) is 2.93. The Balaban J connectivity index is 1.79. The maximum Gasteiger partial charge on any atom is 0.416 e. The van der Waals surface area contributed by atoms with Crippen LogP contribution in [0.2, 0.25) is 0 Å². The third-order valence-electron chi connectivity index (χ3n) is 5.83. The van der Waals surface area contributed by atoms with Crippen molar-refractivity contribution in [3.05, 3.63) is 46.8 Å². The molecule has 172 valence electrons. The summed E-state index contributed by atoms with van der Waals surface area (Å²) in [6, 6.07) is 4.61. The second kappa shape index (κ2) is 7.56. The van der Waals surface area contributed by atoms with Crippen molar-refractivity contribution in [1.29, 1.82) is 0 Å². The summed E-state index contributed by atoms with van der Waals surface area (Å²) in [4.78, 5) is 26.9. The van der Waals surface area contributed by atoms with Crippen molar-refractivity contribution in [2.45, 2.75) is 64.3 Å². The molecule has 1 aliphatic carbocycles. The number of nitrogens with two attached hydrogens (primary N) is 1. The Morgan fingerprint density at radius 3 is 2.19 bits per heavy atom. The molecular formula is C23H27F3N4O2. The standard InChI is InChI=1S/C23H27F3N4O2/c1-22(2,3)28-21(32)29-10-11-30-16(12-29)18(20(27)31)17(19(30)14-4-5-14)13-6-8-15(9-7-13)23(24,25)26/h6-9,14H,4-5,10-12H2,1-3H3,(H2,27,31)(H,28,32). The smallest absolute Gasteiger partial charge is 0.366 e. The molecule has 0 atom stereocenters. The van der Waals surface area contributed by atoms with Gasteiger partial charge >= 0.3 is 12.2 Å². The molecule has 2 aromatic rings. The average Bonchev–Trinajstić information content (AvgIpc) is 3.46. The van der Waals surface area contributed by atoms with Crippen molar-refractivity contribution in [3.63, 3.8) is 0 Å². The van der Waals surface area contributed by atoms with E-state index in [1.54, 1.807) is 4.90 Å². The number of primary amides is 1. The number of hydrogen-bond acceptors (Lipinski definition) is 2. The molecule has 0 bridgehead atoms. The van der Waals surface area contributed by atoms with E-state index in [2.05, 4.69) is 5.32 Å². The highest BCUT2D eigenvalue weighted by molar-refractivity contribution is 6.02. The van der Waals surface area contributed by atoms with E-state index in [4.69, 9.17) is 5.73 Å². The van der Waals surface area contributed by atoms with Gasteiger partial charge in [0.1, 0.15) is 0 Å². The van der Waals surface area contributed by atoms with E-state index in [1.807, 2.05) is 25.3 Å². The van der Waals surface area contributed by atoms with Gasteiger partial charge in [0.15, 0.2) is 0 Å². The first kappa shape index (κ1) is 22.2. The van der Waals surface area contributed by atoms with Gasteiger partial charge in [-0.1, -0.05) is 12.1 Å². The molecule has 32 heavy (non-hydrogen) atoms. The van der Waals surface area contributed by atoms with E-state index >= 15 is 0 Å². The van der Waals surface area contributed by atoms with E-state index in [9.17, 15) is 22.8 Å². The SMILES string of the molecule is CC(C)(C)NC(=O)N1CCn2c(c(C(N)=O)c(-c3ccc(C(F)(F)F)cc3)c2C2CC2)C1. The quantitative estimate of drug-likeness (QED) is 0.726. The molecular weight excluding hydrogens is 421 g/mol. The first-order valence-electron chi connectivity index (χ1n) is 10.7. The van der Waals surface area contributed by atoms with Crippen LogP contribution in [-0.4, -0.2) is 33.5 Å². The van der Waals surface area contributed by atoms with Gasteiger partial charge in [-0.2, -0.15) is 13.2 Å². The molecule has 4 rings (SSSR count). The van der Waals surface area contributed by atoms with Crippen LogP contribution in [-0.2, 0) is 19.3 Å². The number of benzene rings is 1. The second-order valence-corrected chi connectivity index (χ2v) is 9.55. The number of nitrogens with one attached hydrogen (secondary N) is 1. The Bertz CT molecular complexity index is 1060. The fourth-order valence-electron chi connectivity index (χ4n) is 4.33. The van der Waals surface area contributed by atoms with Crippen LogP contribution in [0.1, 0.15) is 66.8 Å². The van der Waals surface area contributed by atoms with Gasteiger partial charge in [-0.25, -0.2) is 4.79 Å². The second-order valence-electron chi connectivity index (χ2n) is 9.55. The molecule has 0 saturated heterocycles. The average molecular weight is 448 g/mol. The minimum Gasteiger partial charge on any atom is -0.366 e. The largest absolute Gasteiger partial charge is 0.416 e. The number of rotatable bonds is 3. The number of carbonyl (C=O) groups is 2. The number of hydrogen-bond donors (Lipinski definition) is 2. The number of urea groups is 1. The van der Waals surface area contributed by atoms with Gasteiger partial charge in [0.2, 0.25) is 0 Å². The highest BCUT2D eigenvalue weighted by Crippen LogP contribution is 2.48. The van der Waals surface area contributed by atoms with Crippen molar-refractivity contribution >= 4 is 11.9 Å². The van der Waals surface area contributed by atoms with Crippen molar-refractivity contribution in [2.75, 3.05) is 6.54 Å². The Kier molecular flexibility index (Phi) is 5.26. The lowest BCUT2D eigenvalue weighted by Gasteiger charge is -2.33. The summed E-state index contributed by atoms with van der Waals surface area (Å²) in [6.45, 7) is 6.84. The summed E-state index contributed by atoms with van der Waals surface area (Å²) in [7, 11) is 0. The third-order valence-corrected chi connectivity index (χ3v) is 5.83. The lowest BCUT2D eigenvalue weighted by molar-refractivity contribution is -0.137. The van der Waals surface area contributed by atoms with Crippen LogP contribution in [0, 0.1) is 0 Å². The van der Waals surface area contributed by atoms with Crippen LogP contribution in [0.25, 0.3) is 11.1 Å². The van der Waals surface area contributed by atoms with Crippen molar-refractivity contribution in [3.8, 4) is 11.1 Å². The fraction of sp³-hybridized carbons (Fsp3) is 0.478. The highest BCUT2D eigenvalue weighted by atomic mass is 19.4.